The Morgan fingerprint density at radius 2 is 1.77 bits per heavy atom. The molecule has 0 saturated carbocycles. The van der Waals surface area contributed by atoms with Gasteiger partial charge in [0.1, 0.15) is 22.7 Å². The summed E-state index contributed by atoms with van der Waals surface area (Å²) in [6, 6.07) is 13.4. The van der Waals surface area contributed by atoms with E-state index in [0.29, 0.717) is 34.8 Å². The van der Waals surface area contributed by atoms with Crippen LogP contribution in [0.2, 0.25) is 0 Å². The number of carbonyl (C=O) groups excluding carboxylic acids is 1. The van der Waals surface area contributed by atoms with E-state index in [2.05, 4.69) is 32.9 Å². The molecule has 1 aliphatic rings. The Balaban J connectivity index is 1.46. The fourth-order valence-electron chi connectivity index (χ4n) is 5.01. The van der Waals surface area contributed by atoms with E-state index in [1.54, 1.807) is 31.5 Å². The molecular formula is C32H38N6O5. The minimum Gasteiger partial charge on any atom is -0.467 e. The minimum atomic E-state index is -0.584. The van der Waals surface area contributed by atoms with Crippen molar-refractivity contribution >= 4 is 22.8 Å². The molecular weight excluding hydrogens is 548 g/mol. The third-order valence-corrected chi connectivity index (χ3v) is 7.08. The van der Waals surface area contributed by atoms with Gasteiger partial charge in [0.25, 0.3) is 5.56 Å². The summed E-state index contributed by atoms with van der Waals surface area (Å²) in [5.74, 6) is 0.861. The maximum absolute atomic E-state index is 13.1. The van der Waals surface area contributed by atoms with Crippen LogP contribution in [0.3, 0.4) is 0 Å². The molecule has 0 unspecified atom stereocenters. The summed E-state index contributed by atoms with van der Waals surface area (Å²) in [6.07, 6.45) is 3.32. The van der Waals surface area contributed by atoms with Gasteiger partial charge < -0.3 is 24.0 Å². The third kappa shape index (κ3) is 7.54. The predicted molar refractivity (Wildman–Crippen MR) is 164 cm³/mol. The zero-order valence-electron chi connectivity index (χ0n) is 25.4. The normalized spacial score (nSPS) is 14.2. The highest BCUT2D eigenvalue weighted by Crippen LogP contribution is 2.28. The van der Waals surface area contributed by atoms with Gasteiger partial charge in [-0.3, -0.25) is 14.2 Å². The Kier molecular flexibility index (Phi) is 9.02. The fraction of sp³-hybridized carbons (Fsp3) is 0.406. The Morgan fingerprint density at radius 3 is 2.51 bits per heavy atom. The van der Waals surface area contributed by atoms with E-state index in [1.807, 2.05) is 39.0 Å². The van der Waals surface area contributed by atoms with E-state index < -0.39 is 5.60 Å². The highest BCUT2D eigenvalue weighted by atomic mass is 16.7. The Labute approximate surface area is 251 Å². The first-order valence-corrected chi connectivity index (χ1v) is 14.3. The van der Waals surface area contributed by atoms with Crippen molar-refractivity contribution < 1.29 is 19.0 Å². The van der Waals surface area contributed by atoms with E-state index in [1.165, 1.54) is 10.8 Å². The molecule has 1 aliphatic heterocycles. The monoisotopic (exact) mass is 586 g/mol. The Bertz CT molecular complexity index is 1660. The van der Waals surface area contributed by atoms with Gasteiger partial charge in [0.15, 0.2) is 12.4 Å². The van der Waals surface area contributed by atoms with Crippen molar-refractivity contribution in [2.45, 2.75) is 39.2 Å². The topological polar surface area (TPSA) is 112 Å². The summed E-state index contributed by atoms with van der Waals surface area (Å²) in [7, 11) is 3.72. The van der Waals surface area contributed by atoms with Crippen molar-refractivity contribution in [1.82, 2.24) is 24.4 Å². The number of aromatic nitrogens is 4. The van der Waals surface area contributed by atoms with Crippen LogP contribution in [0.1, 0.15) is 37.7 Å². The van der Waals surface area contributed by atoms with Crippen molar-refractivity contribution in [3.8, 4) is 11.4 Å². The van der Waals surface area contributed by atoms with Crippen LogP contribution in [0.5, 0.6) is 5.75 Å². The van der Waals surface area contributed by atoms with Crippen molar-refractivity contribution in [3.63, 3.8) is 0 Å². The van der Waals surface area contributed by atoms with Crippen LogP contribution in [0.15, 0.2) is 59.7 Å². The average Bonchev–Trinajstić information content (AvgIpc) is 2.96. The van der Waals surface area contributed by atoms with Crippen molar-refractivity contribution in [2.24, 2.45) is 0 Å². The fourth-order valence-corrected chi connectivity index (χ4v) is 5.01. The second-order valence-electron chi connectivity index (χ2n) is 11.7. The molecule has 5 rings (SSSR count). The van der Waals surface area contributed by atoms with Gasteiger partial charge in [-0.2, -0.15) is 0 Å². The molecule has 1 fully saturated rings. The molecule has 0 spiro atoms. The summed E-state index contributed by atoms with van der Waals surface area (Å²) in [4.78, 5) is 43.8. The summed E-state index contributed by atoms with van der Waals surface area (Å²) >= 11 is 0. The molecule has 1 saturated heterocycles. The van der Waals surface area contributed by atoms with Crippen LogP contribution in [0.4, 0.5) is 5.69 Å². The zero-order valence-corrected chi connectivity index (χ0v) is 25.4. The van der Waals surface area contributed by atoms with Crippen LogP contribution >= 0.6 is 0 Å². The van der Waals surface area contributed by atoms with E-state index in [4.69, 9.17) is 19.2 Å². The molecule has 11 heteroatoms. The van der Waals surface area contributed by atoms with E-state index >= 15 is 0 Å². The molecule has 0 N–H and O–H groups in total. The van der Waals surface area contributed by atoms with Gasteiger partial charge in [-0.25, -0.2) is 15.0 Å². The highest BCUT2D eigenvalue weighted by molar-refractivity contribution is 5.74. The van der Waals surface area contributed by atoms with Crippen molar-refractivity contribution in [1.29, 1.82) is 0 Å². The zero-order chi connectivity index (χ0) is 30.6. The lowest BCUT2D eigenvalue weighted by atomic mass is 10.1. The lowest BCUT2D eigenvalue weighted by molar-refractivity contribution is -0.153. The van der Waals surface area contributed by atoms with Crippen LogP contribution in [0, 0.1) is 0 Å². The number of rotatable bonds is 9. The highest BCUT2D eigenvalue weighted by Gasteiger charge is 2.19. The molecule has 4 aromatic rings. The number of carbonyl (C=O) groups is 1. The summed E-state index contributed by atoms with van der Waals surface area (Å²) < 4.78 is 18.1. The second kappa shape index (κ2) is 12.9. The number of hydrogen-bond donors (Lipinski definition) is 0. The smallest absolute Gasteiger partial charge is 0.310 e. The third-order valence-electron chi connectivity index (χ3n) is 7.08. The quantitative estimate of drug-likeness (QED) is 0.214. The Morgan fingerprint density at radius 1 is 0.977 bits per heavy atom. The lowest BCUT2D eigenvalue weighted by Crippen LogP contribution is -2.44. The number of esters is 1. The minimum absolute atomic E-state index is 0.0808. The Hall–Kier alpha value is -4.35. The van der Waals surface area contributed by atoms with Gasteiger partial charge in [-0.1, -0.05) is 18.2 Å². The molecule has 0 radical (unpaired) electrons. The SMILES string of the molecule is COCOc1cc(N2CCN(C)CC2)ccc1Cc1ncc2ncc(=O)n(-c3cccc(CC(=O)OC(C)(C)C)c3)c2n1. The van der Waals surface area contributed by atoms with Gasteiger partial charge in [0, 0.05) is 57.0 Å². The number of nitrogens with zero attached hydrogens (tertiary/aromatic N) is 6. The number of likely N-dealkylation sites (N-methyl/N-ethyl adjacent to an activating group) is 1. The number of benzene rings is 2. The first kappa shape index (κ1) is 30.1. The van der Waals surface area contributed by atoms with E-state index in [9.17, 15) is 9.59 Å². The maximum Gasteiger partial charge on any atom is 0.310 e. The number of ether oxygens (including phenoxy) is 3. The molecule has 226 valence electrons. The first-order valence-electron chi connectivity index (χ1n) is 14.3. The second-order valence-corrected chi connectivity index (χ2v) is 11.7. The molecule has 0 bridgehead atoms. The van der Waals surface area contributed by atoms with Gasteiger partial charge in [-0.05, 0) is 51.6 Å². The number of methoxy groups -OCH3 is 1. The molecule has 2 aromatic heterocycles. The van der Waals surface area contributed by atoms with Gasteiger partial charge >= 0.3 is 5.97 Å². The maximum atomic E-state index is 13.1. The predicted octanol–water partition coefficient (Wildman–Crippen LogP) is 3.39. The first-order chi connectivity index (χ1) is 20.6. The van der Waals surface area contributed by atoms with E-state index in [-0.39, 0.29) is 24.7 Å². The standard InChI is InChI=1S/C32H38N6O5/c1-32(2,3)43-30(40)16-22-7-6-8-25(15-22)38-29(39)20-33-26-19-34-28(35-31(26)38)17-23-9-10-24(18-27(23)42-21-41-5)37-13-11-36(4)12-14-37/h6-10,15,18-20H,11-14,16-17,21H2,1-5H3. The van der Waals surface area contributed by atoms with Crippen molar-refractivity contribution in [2.75, 3.05) is 52.0 Å². The van der Waals surface area contributed by atoms with Crippen molar-refractivity contribution in [3.05, 3.63) is 82.2 Å². The lowest BCUT2D eigenvalue weighted by Gasteiger charge is -2.34. The molecule has 3 heterocycles. The van der Waals surface area contributed by atoms with Crippen LogP contribution in [-0.4, -0.2) is 83.1 Å². The van der Waals surface area contributed by atoms with Crippen LogP contribution in [0.25, 0.3) is 16.9 Å². The van der Waals surface area contributed by atoms with Gasteiger partial charge in [0.2, 0.25) is 0 Å². The van der Waals surface area contributed by atoms with Crippen LogP contribution < -0.4 is 15.2 Å². The largest absolute Gasteiger partial charge is 0.467 e. The molecule has 0 aliphatic carbocycles. The number of piperazine rings is 1. The average molecular weight is 587 g/mol. The number of hydrogen-bond acceptors (Lipinski definition) is 10. The van der Waals surface area contributed by atoms with Gasteiger partial charge in [0.05, 0.1) is 24.5 Å². The molecule has 0 amide bonds. The summed E-state index contributed by atoms with van der Waals surface area (Å²) in [5, 5.41) is 0. The number of fused-ring (bicyclic) bond motifs is 1. The molecule has 11 nitrogen and oxygen atoms in total. The number of anilines is 1. The molecule has 0 atom stereocenters. The van der Waals surface area contributed by atoms with E-state index in [0.717, 1.165) is 43.0 Å². The van der Waals surface area contributed by atoms with Gasteiger partial charge in [-0.15, -0.1) is 0 Å². The summed E-state index contributed by atoms with van der Waals surface area (Å²) in [6.45, 7) is 9.48. The molecule has 2 aromatic carbocycles. The molecule has 43 heavy (non-hydrogen) atoms. The van der Waals surface area contributed by atoms with Crippen LogP contribution in [-0.2, 0) is 27.1 Å². The summed E-state index contributed by atoms with van der Waals surface area (Å²) in [5.41, 5.74) is 3.20.